The fraction of sp³-hybridized carbons (Fsp3) is 0.235. The molecule has 0 bridgehead atoms. The number of carbonyl (C=O) groups is 1. The van der Waals surface area contributed by atoms with Gasteiger partial charge in [-0.05, 0) is 24.1 Å². The number of benzene rings is 2. The van der Waals surface area contributed by atoms with Gasteiger partial charge in [-0.2, -0.15) is 0 Å². The van der Waals surface area contributed by atoms with Crippen LogP contribution in [0.3, 0.4) is 0 Å². The minimum absolute atomic E-state index is 0.111. The SMILES string of the molecule is CCCOc1ccccc1C(=O)NCc1ccccc1. The predicted molar refractivity (Wildman–Crippen MR) is 79.8 cm³/mol. The third kappa shape index (κ3) is 3.85. The first-order valence-corrected chi connectivity index (χ1v) is 6.85. The highest BCUT2D eigenvalue weighted by Crippen LogP contribution is 2.18. The average Bonchev–Trinajstić information content (AvgIpc) is 2.52. The molecule has 20 heavy (non-hydrogen) atoms. The number of rotatable bonds is 6. The van der Waals surface area contributed by atoms with E-state index in [0.29, 0.717) is 24.5 Å². The summed E-state index contributed by atoms with van der Waals surface area (Å²) in [6, 6.07) is 17.2. The van der Waals surface area contributed by atoms with Crippen LogP contribution < -0.4 is 10.1 Å². The van der Waals surface area contributed by atoms with Gasteiger partial charge in [0.2, 0.25) is 0 Å². The average molecular weight is 269 g/mol. The van der Waals surface area contributed by atoms with Gasteiger partial charge in [-0.15, -0.1) is 0 Å². The molecule has 2 rings (SSSR count). The van der Waals surface area contributed by atoms with Crippen molar-refractivity contribution < 1.29 is 9.53 Å². The van der Waals surface area contributed by atoms with E-state index in [0.717, 1.165) is 12.0 Å². The van der Waals surface area contributed by atoms with E-state index in [4.69, 9.17) is 4.74 Å². The highest BCUT2D eigenvalue weighted by molar-refractivity contribution is 5.96. The Kier molecular flexibility index (Phi) is 5.18. The summed E-state index contributed by atoms with van der Waals surface area (Å²) in [6.45, 7) is 3.17. The fourth-order valence-electron chi connectivity index (χ4n) is 1.87. The first-order valence-electron chi connectivity index (χ1n) is 6.85. The van der Waals surface area contributed by atoms with E-state index >= 15 is 0 Å². The zero-order valence-electron chi connectivity index (χ0n) is 11.6. The van der Waals surface area contributed by atoms with Crippen LogP contribution in [0.5, 0.6) is 5.75 Å². The molecule has 0 aliphatic carbocycles. The van der Waals surface area contributed by atoms with E-state index in [9.17, 15) is 4.79 Å². The number of nitrogens with one attached hydrogen (secondary N) is 1. The van der Waals surface area contributed by atoms with Crippen LogP contribution in [0.25, 0.3) is 0 Å². The Labute approximate surface area is 119 Å². The zero-order chi connectivity index (χ0) is 14.2. The Morgan fingerprint density at radius 2 is 1.75 bits per heavy atom. The molecule has 0 saturated heterocycles. The van der Waals surface area contributed by atoms with Crippen molar-refractivity contribution in [3.8, 4) is 5.75 Å². The molecule has 3 heteroatoms. The molecule has 0 aliphatic heterocycles. The van der Waals surface area contributed by atoms with Crippen molar-refractivity contribution in [3.63, 3.8) is 0 Å². The molecule has 2 aromatic carbocycles. The lowest BCUT2D eigenvalue weighted by atomic mass is 10.1. The smallest absolute Gasteiger partial charge is 0.255 e. The van der Waals surface area contributed by atoms with Crippen molar-refractivity contribution >= 4 is 5.91 Å². The Bertz CT molecular complexity index is 552. The number of para-hydroxylation sites is 1. The highest BCUT2D eigenvalue weighted by Gasteiger charge is 2.11. The van der Waals surface area contributed by atoms with E-state index in [-0.39, 0.29) is 5.91 Å². The second-order valence-corrected chi connectivity index (χ2v) is 4.51. The summed E-state index contributed by atoms with van der Waals surface area (Å²) in [5.74, 6) is 0.528. The standard InChI is InChI=1S/C17H19NO2/c1-2-12-20-16-11-7-6-10-15(16)17(19)18-13-14-8-4-3-5-9-14/h3-11H,2,12-13H2,1H3,(H,18,19). The topological polar surface area (TPSA) is 38.3 Å². The second kappa shape index (κ2) is 7.34. The second-order valence-electron chi connectivity index (χ2n) is 4.51. The third-order valence-electron chi connectivity index (χ3n) is 2.89. The van der Waals surface area contributed by atoms with Gasteiger partial charge < -0.3 is 10.1 Å². The molecule has 0 heterocycles. The van der Waals surface area contributed by atoms with Crippen LogP contribution in [0.2, 0.25) is 0 Å². The highest BCUT2D eigenvalue weighted by atomic mass is 16.5. The van der Waals surface area contributed by atoms with Gasteiger partial charge in [-0.1, -0.05) is 49.4 Å². The minimum Gasteiger partial charge on any atom is -0.493 e. The largest absolute Gasteiger partial charge is 0.493 e. The van der Waals surface area contributed by atoms with Gasteiger partial charge in [-0.3, -0.25) is 4.79 Å². The van der Waals surface area contributed by atoms with Crippen LogP contribution in [0.15, 0.2) is 54.6 Å². The van der Waals surface area contributed by atoms with Crippen LogP contribution in [0, 0.1) is 0 Å². The van der Waals surface area contributed by atoms with Gasteiger partial charge in [0.05, 0.1) is 12.2 Å². The summed E-state index contributed by atoms with van der Waals surface area (Å²) >= 11 is 0. The Hall–Kier alpha value is -2.29. The first kappa shape index (κ1) is 14.1. The normalized spacial score (nSPS) is 10.1. The lowest BCUT2D eigenvalue weighted by Crippen LogP contribution is -2.23. The molecule has 1 N–H and O–H groups in total. The van der Waals surface area contributed by atoms with Crippen molar-refractivity contribution in [2.75, 3.05) is 6.61 Å². The number of hydrogen-bond acceptors (Lipinski definition) is 2. The van der Waals surface area contributed by atoms with Crippen molar-refractivity contribution in [3.05, 3.63) is 65.7 Å². The molecular weight excluding hydrogens is 250 g/mol. The van der Waals surface area contributed by atoms with E-state index in [1.807, 2.05) is 55.5 Å². The lowest BCUT2D eigenvalue weighted by molar-refractivity contribution is 0.0947. The number of amides is 1. The zero-order valence-corrected chi connectivity index (χ0v) is 11.6. The third-order valence-corrected chi connectivity index (χ3v) is 2.89. The molecule has 3 nitrogen and oxygen atoms in total. The first-order chi connectivity index (χ1) is 9.81. The van der Waals surface area contributed by atoms with Gasteiger partial charge in [0.25, 0.3) is 5.91 Å². The summed E-state index contributed by atoms with van der Waals surface area (Å²) in [5, 5.41) is 2.91. The molecule has 104 valence electrons. The van der Waals surface area contributed by atoms with Crippen molar-refractivity contribution in [2.24, 2.45) is 0 Å². The summed E-state index contributed by atoms with van der Waals surface area (Å²) in [6.07, 6.45) is 0.917. The van der Waals surface area contributed by atoms with E-state index < -0.39 is 0 Å². The lowest BCUT2D eigenvalue weighted by Gasteiger charge is -2.11. The van der Waals surface area contributed by atoms with Crippen LogP contribution in [-0.2, 0) is 6.54 Å². The van der Waals surface area contributed by atoms with Crippen LogP contribution >= 0.6 is 0 Å². The summed E-state index contributed by atoms with van der Waals surface area (Å²) < 4.78 is 5.60. The fourth-order valence-corrected chi connectivity index (χ4v) is 1.87. The van der Waals surface area contributed by atoms with Crippen molar-refractivity contribution in [2.45, 2.75) is 19.9 Å². The molecule has 0 atom stereocenters. The molecule has 0 saturated carbocycles. The molecule has 2 aromatic rings. The van der Waals surface area contributed by atoms with Crippen LogP contribution in [0.1, 0.15) is 29.3 Å². The maximum Gasteiger partial charge on any atom is 0.255 e. The quantitative estimate of drug-likeness (QED) is 0.872. The molecule has 0 spiro atoms. The van der Waals surface area contributed by atoms with Crippen LogP contribution in [-0.4, -0.2) is 12.5 Å². The van der Waals surface area contributed by atoms with E-state index in [1.165, 1.54) is 0 Å². The number of carbonyl (C=O) groups excluding carboxylic acids is 1. The minimum atomic E-state index is -0.111. The number of hydrogen-bond donors (Lipinski definition) is 1. The van der Waals surface area contributed by atoms with E-state index in [2.05, 4.69) is 5.32 Å². The van der Waals surface area contributed by atoms with Gasteiger partial charge >= 0.3 is 0 Å². The Morgan fingerprint density at radius 1 is 1.05 bits per heavy atom. The monoisotopic (exact) mass is 269 g/mol. The molecule has 0 radical (unpaired) electrons. The molecule has 0 aliphatic rings. The molecule has 1 amide bonds. The summed E-state index contributed by atoms with van der Waals surface area (Å²) in [4.78, 5) is 12.2. The van der Waals surface area contributed by atoms with E-state index in [1.54, 1.807) is 6.07 Å². The molecule has 0 aromatic heterocycles. The molecule has 0 unspecified atom stereocenters. The number of ether oxygens (including phenoxy) is 1. The van der Waals surface area contributed by atoms with Gasteiger partial charge in [0.15, 0.2) is 0 Å². The van der Waals surface area contributed by atoms with Gasteiger partial charge in [0.1, 0.15) is 5.75 Å². The molecular formula is C17H19NO2. The molecule has 0 fully saturated rings. The Morgan fingerprint density at radius 3 is 2.50 bits per heavy atom. The van der Waals surface area contributed by atoms with Crippen LogP contribution in [0.4, 0.5) is 0 Å². The maximum atomic E-state index is 12.2. The predicted octanol–water partition coefficient (Wildman–Crippen LogP) is 3.41. The Balaban J connectivity index is 2.01. The van der Waals surface area contributed by atoms with Crippen molar-refractivity contribution in [1.29, 1.82) is 0 Å². The van der Waals surface area contributed by atoms with Gasteiger partial charge in [-0.25, -0.2) is 0 Å². The summed E-state index contributed by atoms with van der Waals surface area (Å²) in [7, 11) is 0. The maximum absolute atomic E-state index is 12.2. The van der Waals surface area contributed by atoms with Gasteiger partial charge in [0, 0.05) is 6.54 Å². The summed E-state index contributed by atoms with van der Waals surface area (Å²) in [5.41, 5.74) is 1.66. The van der Waals surface area contributed by atoms with Crippen molar-refractivity contribution in [1.82, 2.24) is 5.32 Å².